The maximum absolute atomic E-state index is 12.8. The molecule has 1 aliphatic heterocycles. The van der Waals surface area contributed by atoms with Crippen LogP contribution in [0.4, 0.5) is 5.69 Å². The Morgan fingerprint density at radius 1 is 1.38 bits per heavy atom. The van der Waals surface area contributed by atoms with Crippen molar-refractivity contribution in [3.8, 4) is 0 Å². The van der Waals surface area contributed by atoms with Gasteiger partial charge in [-0.2, -0.15) is 0 Å². The number of nitrogens with zero attached hydrogens (tertiary/aromatic N) is 2. The third-order valence-corrected chi connectivity index (χ3v) is 5.76. The standard InChI is InChI=1S/C20H23N3O2S/c1-5-17(24)23-10-6-7-14-11-15(8-9-16(14)23)18(25)22-20(3,4)19-21-13(2)12-26-19/h5,8-9,11-12H,1,6-7,10H2,2-4H3,(H,22,25). The van der Waals surface area contributed by atoms with Crippen molar-refractivity contribution in [3.63, 3.8) is 0 Å². The molecule has 5 nitrogen and oxygen atoms in total. The number of rotatable bonds is 4. The molecule has 0 aliphatic carbocycles. The Kier molecular flexibility index (Phi) is 4.96. The first-order valence-electron chi connectivity index (χ1n) is 8.64. The van der Waals surface area contributed by atoms with Gasteiger partial charge in [0.05, 0.1) is 5.54 Å². The summed E-state index contributed by atoms with van der Waals surface area (Å²) < 4.78 is 0. The molecule has 0 fully saturated rings. The van der Waals surface area contributed by atoms with E-state index in [0.29, 0.717) is 12.1 Å². The van der Waals surface area contributed by atoms with Crippen LogP contribution in [-0.4, -0.2) is 23.3 Å². The van der Waals surface area contributed by atoms with Crippen LogP contribution in [0.3, 0.4) is 0 Å². The largest absolute Gasteiger partial charge is 0.341 e. The Balaban J connectivity index is 1.83. The number of hydrogen-bond donors (Lipinski definition) is 1. The molecular weight excluding hydrogens is 346 g/mol. The summed E-state index contributed by atoms with van der Waals surface area (Å²) in [7, 11) is 0. The second-order valence-corrected chi connectivity index (χ2v) is 7.87. The monoisotopic (exact) mass is 369 g/mol. The average molecular weight is 369 g/mol. The van der Waals surface area contributed by atoms with Gasteiger partial charge in [-0.25, -0.2) is 4.98 Å². The van der Waals surface area contributed by atoms with E-state index in [1.165, 1.54) is 6.08 Å². The lowest BCUT2D eigenvalue weighted by atomic mass is 9.98. The number of anilines is 1. The van der Waals surface area contributed by atoms with E-state index in [1.54, 1.807) is 22.3 Å². The molecule has 2 amide bonds. The maximum Gasteiger partial charge on any atom is 0.252 e. The van der Waals surface area contributed by atoms with Gasteiger partial charge >= 0.3 is 0 Å². The van der Waals surface area contributed by atoms with Crippen LogP contribution in [0, 0.1) is 6.92 Å². The van der Waals surface area contributed by atoms with Crippen molar-refractivity contribution >= 4 is 28.8 Å². The number of nitrogens with one attached hydrogen (secondary N) is 1. The molecule has 0 unspecified atom stereocenters. The number of hydrogen-bond acceptors (Lipinski definition) is 4. The van der Waals surface area contributed by atoms with Crippen LogP contribution in [-0.2, 0) is 16.8 Å². The highest BCUT2D eigenvalue weighted by molar-refractivity contribution is 7.09. The van der Waals surface area contributed by atoms with Gasteiger partial charge in [-0.3, -0.25) is 9.59 Å². The van der Waals surface area contributed by atoms with Gasteiger partial charge in [0.1, 0.15) is 5.01 Å². The van der Waals surface area contributed by atoms with Crippen LogP contribution < -0.4 is 10.2 Å². The lowest BCUT2D eigenvalue weighted by Crippen LogP contribution is -2.41. The SMILES string of the molecule is C=CC(=O)N1CCCc2cc(C(=O)NC(C)(C)c3nc(C)cs3)ccc21. The minimum atomic E-state index is -0.545. The van der Waals surface area contributed by atoms with Gasteiger partial charge in [-0.05, 0) is 63.5 Å². The van der Waals surface area contributed by atoms with Crippen molar-refractivity contribution in [2.24, 2.45) is 0 Å². The van der Waals surface area contributed by atoms with Crippen molar-refractivity contribution in [1.82, 2.24) is 10.3 Å². The van der Waals surface area contributed by atoms with E-state index >= 15 is 0 Å². The molecule has 1 N–H and O–H groups in total. The van der Waals surface area contributed by atoms with E-state index in [-0.39, 0.29) is 11.8 Å². The average Bonchev–Trinajstić information content (AvgIpc) is 3.07. The lowest BCUT2D eigenvalue weighted by molar-refractivity contribution is -0.114. The molecule has 2 aromatic rings. The van der Waals surface area contributed by atoms with Gasteiger partial charge in [0.15, 0.2) is 0 Å². The zero-order chi connectivity index (χ0) is 18.9. The highest BCUT2D eigenvalue weighted by Gasteiger charge is 2.28. The zero-order valence-corrected chi connectivity index (χ0v) is 16.2. The molecule has 0 spiro atoms. The summed E-state index contributed by atoms with van der Waals surface area (Å²) in [6, 6.07) is 5.51. The fourth-order valence-electron chi connectivity index (χ4n) is 3.13. The van der Waals surface area contributed by atoms with Crippen molar-refractivity contribution in [3.05, 3.63) is 58.1 Å². The highest BCUT2D eigenvalue weighted by Crippen LogP contribution is 2.29. The second kappa shape index (κ2) is 7.03. The number of benzene rings is 1. The van der Waals surface area contributed by atoms with Crippen LogP contribution in [0.2, 0.25) is 0 Å². The molecule has 0 saturated heterocycles. The molecular formula is C20H23N3O2S. The first-order valence-corrected chi connectivity index (χ1v) is 9.52. The Labute approximate surface area is 157 Å². The summed E-state index contributed by atoms with van der Waals surface area (Å²) in [6.45, 7) is 10.1. The molecule has 136 valence electrons. The van der Waals surface area contributed by atoms with Gasteiger partial charge in [0, 0.05) is 28.9 Å². The minimum absolute atomic E-state index is 0.108. The van der Waals surface area contributed by atoms with Gasteiger partial charge in [-0.1, -0.05) is 6.58 Å². The number of carbonyl (C=O) groups excluding carboxylic acids is 2. The van der Waals surface area contributed by atoms with Crippen LogP contribution in [0.15, 0.2) is 36.2 Å². The van der Waals surface area contributed by atoms with E-state index < -0.39 is 5.54 Å². The third kappa shape index (κ3) is 3.55. The van der Waals surface area contributed by atoms with Crippen LogP contribution in [0.1, 0.15) is 46.9 Å². The molecule has 2 heterocycles. The number of carbonyl (C=O) groups is 2. The quantitative estimate of drug-likeness (QED) is 0.838. The van der Waals surface area contributed by atoms with E-state index in [9.17, 15) is 9.59 Å². The molecule has 0 atom stereocenters. The number of aromatic nitrogens is 1. The topological polar surface area (TPSA) is 62.3 Å². The summed E-state index contributed by atoms with van der Waals surface area (Å²) in [5, 5.41) is 5.92. The molecule has 6 heteroatoms. The molecule has 3 rings (SSSR count). The Morgan fingerprint density at radius 2 is 2.15 bits per heavy atom. The minimum Gasteiger partial charge on any atom is -0.341 e. The van der Waals surface area contributed by atoms with Gasteiger partial charge in [0.2, 0.25) is 5.91 Å². The summed E-state index contributed by atoms with van der Waals surface area (Å²) in [5.41, 5.74) is 2.89. The Morgan fingerprint density at radius 3 is 2.81 bits per heavy atom. The van der Waals surface area contributed by atoms with Crippen LogP contribution in [0.25, 0.3) is 0 Å². The molecule has 0 saturated carbocycles. The number of fused-ring (bicyclic) bond motifs is 1. The normalized spacial score (nSPS) is 13.9. The summed E-state index contributed by atoms with van der Waals surface area (Å²) in [5.74, 6) is -0.249. The van der Waals surface area contributed by atoms with Gasteiger partial charge in [-0.15, -0.1) is 11.3 Å². The zero-order valence-electron chi connectivity index (χ0n) is 15.3. The first-order chi connectivity index (χ1) is 12.3. The molecule has 1 aromatic heterocycles. The smallest absolute Gasteiger partial charge is 0.252 e. The van der Waals surface area contributed by atoms with E-state index in [0.717, 1.165) is 34.8 Å². The highest BCUT2D eigenvalue weighted by atomic mass is 32.1. The van der Waals surface area contributed by atoms with Crippen molar-refractivity contribution in [1.29, 1.82) is 0 Å². The number of amides is 2. The van der Waals surface area contributed by atoms with Crippen molar-refractivity contribution in [2.75, 3.05) is 11.4 Å². The number of thiazole rings is 1. The fraction of sp³-hybridized carbons (Fsp3) is 0.350. The maximum atomic E-state index is 12.8. The van der Waals surface area contributed by atoms with Crippen molar-refractivity contribution < 1.29 is 9.59 Å². The Bertz CT molecular complexity index is 870. The lowest BCUT2D eigenvalue weighted by Gasteiger charge is -2.29. The molecule has 1 aromatic carbocycles. The Hall–Kier alpha value is -2.47. The summed E-state index contributed by atoms with van der Waals surface area (Å²) >= 11 is 1.54. The van der Waals surface area contributed by atoms with E-state index in [2.05, 4.69) is 16.9 Å². The van der Waals surface area contributed by atoms with Crippen LogP contribution in [0.5, 0.6) is 0 Å². The summed E-state index contributed by atoms with van der Waals surface area (Å²) in [4.78, 5) is 31.0. The van der Waals surface area contributed by atoms with Gasteiger partial charge < -0.3 is 10.2 Å². The van der Waals surface area contributed by atoms with Crippen LogP contribution >= 0.6 is 11.3 Å². The second-order valence-electron chi connectivity index (χ2n) is 7.01. The molecule has 26 heavy (non-hydrogen) atoms. The predicted molar refractivity (Wildman–Crippen MR) is 105 cm³/mol. The molecule has 1 aliphatic rings. The van der Waals surface area contributed by atoms with Gasteiger partial charge in [0.25, 0.3) is 5.91 Å². The van der Waals surface area contributed by atoms with Crippen molar-refractivity contribution in [2.45, 2.75) is 39.2 Å². The van der Waals surface area contributed by atoms with E-state index in [4.69, 9.17) is 0 Å². The fourth-order valence-corrected chi connectivity index (χ4v) is 4.01. The number of aryl methyl sites for hydroxylation is 2. The van der Waals surface area contributed by atoms with E-state index in [1.807, 2.05) is 38.3 Å². The molecule has 0 bridgehead atoms. The molecule has 0 radical (unpaired) electrons. The summed E-state index contributed by atoms with van der Waals surface area (Å²) in [6.07, 6.45) is 3.06. The first kappa shape index (κ1) is 18.3. The predicted octanol–water partition coefficient (Wildman–Crippen LogP) is 3.58. The third-order valence-electron chi connectivity index (χ3n) is 4.48.